The number of rotatable bonds is 4. The highest BCUT2D eigenvalue weighted by molar-refractivity contribution is 5.66. The number of amides is 1. The van der Waals surface area contributed by atoms with Crippen molar-refractivity contribution in [2.24, 2.45) is 5.41 Å². The lowest BCUT2D eigenvalue weighted by atomic mass is 9.81. The largest absolute Gasteiger partial charge is 0.465 e. The van der Waals surface area contributed by atoms with E-state index in [4.69, 9.17) is 15.6 Å². The Kier molecular flexibility index (Phi) is 5.15. The van der Waals surface area contributed by atoms with E-state index in [9.17, 15) is 13.6 Å². The number of nitrogen functional groups attached to an aromatic ring is 1. The quantitative estimate of drug-likeness (QED) is 0.698. The average molecular weight is 350 g/mol. The minimum absolute atomic E-state index is 0.119. The first-order chi connectivity index (χ1) is 11.6. The molecule has 134 valence electrons. The van der Waals surface area contributed by atoms with Crippen LogP contribution in [-0.2, 0) is 0 Å². The van der Waals surface area contributed by atoms with Crippen LogP contribution >= 0.6 is 0 Å². The van der Waals surface area contributed by atoms with E-state index in [-0.39, 0.29) is 5.75 Å². The minimum Gasteiger partial charge on any atom is -0.465 e. The van der Waals surface area contributed by atoms with E-state index in [1.165, 1.54) is 6.07 Å². The molecule has 2 aromatic carbocycles. The molecule has 0 spiro atoms. The zero-order chi connectivity index (χ0) is 18.8. The summed E-state index contributed by atoms with van der Waals surface area (Å²) in [6.07, 6.45) is -1.17. The third-order valence-corrected chi connectivity index (χ3v) is 3.63. The van der Waals surface area contributed by atoms with E-state index in [0.717, 1.165) is 12.1 Å². The zero-order valence-corrected chi connectivity index (χ0v) is 14.1. The highest BCUT2D eigenvalue weighted by Crippen LogP contribution is 2.38. The van der Waals surface area contributed by atoms with E-state index in [0.29, 0.717) is 17.0 Å². The molecule has 0 fully saturated rings. The molecule has 2 aromatic rings. The average Bonchev–Trinajstić information content (AvgIpc) is 2.49. The van der Waals surface area contributed by atoms with Crippen molar-refractivity contribution in [1.82, 2.24) is 5.32 Å². The van der Waals surface area contributed by atoms with Crippen molar-refractivity contribution >= 4 is 11.8 Å². The van der Waals surface area contributed by atoms with Crippen molar-refractivity contribution in [1.29, 1.82) is 0 Å². The first-order valence-electron chi connectivity index (χ1n) is 7.59. The number of halogens is 2. The first-order valence-corrected chi connectivity index (χ1v) is 7.59. The van der Waals surface area contributed by atoms with Crippen LogP contribution in [0.2, 0.25) is 0 Å². The number of nitrogens with one attached hydrogen (secondary N) is 1. The van der Waals surface area contributed by atoms with Gasteiger partial charge in [0.05, 0.1) is 6.04 Å². The lowest BCUT2D eigenvalue weighted by molar-refractivity contribution is 0.175. The number of benzene rings is 2. The predicted molar refractivity (Wildman–Crippen MR) is 90.6 cm³/mol. The van der Waals surface area contributed by atoms with Gasteiger partial charge in [-0.1, -0.05) is 20.8 Å². The highest BCUT2D eigenvalue weighted by atomic mass is 19.2. The van der Waals surface area contributed by atoms with Gasteiger partial charge in [-0.15, -0.1) is 0 Å². The second-order valence-electron chi connectivity index (χ2n) is 6.72. The Morgan fingerprint density at radius 2 is 1.72 bits per heavy atom. The molecule has 1 amide bonds. The molecule has 7 heteroatoms. The van der Waals surface area contributed by atoms with Crippen LogP contribution in [0, 0.1) is 17.0 Å². The molecule has 0 aliphatic rings. The Labute approximate surface area is 144 Å². The molecule has 0 saturated heterocycles. The number of carboxylic acid groups (broad SMARTS) is 1. The fourth-order valence-electron chi connectivity index (χ4n) is 2.43. The normalized spacial score (nSPS) is 12.5. The Morgan fingerprint density at radius 3 is 2.28 bits per heavy atom. The molecule has 0 radical (unpaired) electrons. The van der Waals surface area contributed by atoms with Gasteiger partial charge in [0.25, 0.3) is 0 Å². The second kappa shape index (κ2) is 6.96. The predicted octanol–water partition coefficient (Wildman–Crippen LogP) is 4.69. The van der Waals surface area contributed by atoms with Crippen LogP contribution in [0.15, 0.2) is 36.4 Å². The maximum absolute atomic E-state index is 13.3. The third-order valence-electron chi connectivity index (χ3n) is 3.63. The van der Waals surface area contributed by atoms with Gasteiger partial charge in [0, 0.05) is 17.3 Å². The summed E-state index contributed by atoms with van der Waals surface area (Å²) < 4.78 is 31.8. The molecule has 0 saturated carbocycles. The van der Waals surface area contributed by atoms with Gasteiger partial charge in [0.15, 0.2) is 11.6 Å². The van der Waals surface area contributed by atoms with Gasteiger partial charge in [-0.2, -0.15) is 0 Å². The molecule has 4 N–H and O–H groups in total. The minimum atomic E-state index is -1.17. The summed E-state index contributed by atoms with van der Waals surface area (Å²) >= 11 is 0. The highest BCUT2D eigenvalue weighted by Gasteiger charge is 2.29. The van der Waals surface area contributed by atoms with Crippen molar-refractivity contribution in [3.05, 3.63) is 53.6 Å². The van der Waals surface area contributed by atoms with Crippen molar-refractivity contribution in [3.63, 3.8) is 0 Å². The van der Waals surface area contributed by atoms with Crippen LogP contribution in [0.1, 0.15) is 32.4 Å². The number of hydrogen-bond donors (Lipinski definition) is 3. The van der Waals surface area contributed by atoms with Crippen LogP contribution in [0.4, 0.5) is 19.3 Å². The second-order valence-corrected chi connectivity index (χ2v) is 6.72. The van der Waals surface area contributed by atoms with Gasteiger partial charge in [-0.25, -0.2) is 13.6 Å². The van der Waals surface area contributed by atoms with E-state index < -0.39 is 29.2 Å². The molecular weight excluding hydrogens is 330 g/mol. The van der Waals surface area contributed by atoms with Gasteiger partial charge in [-0.3, -0.25) is 0 Å². The number of ether oxygens (including phenoxy) is 1. The van der Waals surface area contributed by atoms with Crippen LogP contribution in [-0.4, -0.2) is 11.2 Å². The van der Waals surface area contributed by atoms with E-state index in [1.54, 1.807) is 18.2 Å². The van der Waals surface area contributed by atoms with Crippen LogP contribution in [0.5, 0.6) is 11.5 Å². The summed E-state index contributed by atoms with van der Waals surface area (Å²) in [4.78, 5) is 11.1. The summed E-state index contributed by atoms with van der Waals surface area (Å²) in [5, 5.41) is 11.6. The molecule has 5 nitrogen and oxygen atoms in total. The molecule has 0 aliphatic carbocycles. The first kappa shape index (κ1) is 18.5. The molecule has 1 atom stereocenters. The smallest absolute Gasteiger partial charge is 0.405 e. The van der Waals surface area contributed by atoms with Crippen molar-refractivity contribution in [2.45, 2.75) is 26.8 Å². The maximum atomic E-state index is 13.3. The van der Waals surface area contributed by atoms with Gasteiger partial charge in [-0.05, 0) is 35.7 Å². The van der Waals surface area contributed by atoms with Crippen LogP contribution in [0.25, 0.3) is 0 Å². The summed E-state index contributed by atoms with van der Waals surface area (Å²) in [7, 11) is 0. The Balaban J connectivity index is 2.38. The fourth-order valence-corrected chi connectivity index (χ4v) is 2.43. The Hall–Kier alpha value is -2.83. The number of carbonyl (C=O) groups is 1. The maximum Gasteiger partial charge on any atom is 0.405 e. The fraction of sp³-hybridized carbons (Fsp3) is 0.278. The van der Waals surface area contributed by atoms with Gasteiger partial charge < -0.3 is 20.9 Å². The third kappa shape index (κ3) is 4.59. The van der Waals surface area contributed by atoms with Crippen molar-refractivity contribution in [2.75, 3.05) is 5.73 Å². The molecule has 0 bridgehead atoms. The Morgan fingerprint density at radius 1 is 1.12 bits per heavy atom. The molecule has 2 rings (SSSR count). The van der Waals surface area contributed by atoms with E-state index >= 15 is 0 Å². The SMILES string of the molecule is CC(C)(C)C(NC(=O)O)c1cc(Oc2ccc(F)c(F)c2)ccc1N. The number of nitrogens with two attached hydrogens (primary N) is 1. The van der Waals surface area contributed by atoms with Crippen LogP contribution < -0.4 is 15.8 Å². The molecule has 0 aliphatic heterocycles. The van der Waals surface area contributed by atoms with Gasteiger partial charge in [0.2, 0.25) is 0 Å². The lowest BCUT2D eigenvalue weighted by Gasteiger charge is -2.32. The summed E-state index contributed by atoms with van der Waals surface area (Å²) in [5.41, 5.74) is 6.48. The van der Waals surface area contributed by atoms with Crippen LogP contribution in [0.3, 0.4) is 0 Å². The summed E-state index contributed by atoms with van der Waals surface area (Å²) in [6, 6.07) is 7.34. The number of anilines is 1. The zero-order valence-electron chi connectivity index (χ0n) is 14.1. The molecule has 1 unspecified atom stereocenters. The lowest BCUT2D eigenvalue weighted by Crippen LogP contribution is -2.36. The standard InChI is InChI=1S/C18H20F2N2O3/c1-18(2,3)16(22-17(23)24)12-8-10(5-7-15(12)21)25-11-4-6-13(19)14(20)9-11/h4-9,16,22H,21H2,1-3H3,(H,23,24). The van der Waals surface area contributed by atoms with E-state index in [1.807, 2.05) is 20.8 Å². The van der Waals surface area contributed by atoms with Gasteiger partial charge in [0.1, 0.15) is 11.5 Å². The molecule has 0 aromatic heterocycles. The number of hydrogen-bond acceptors (Lipinski definition) is 3. The van der Waals surface area contributed by atoms with Crippen molar-refractivity contribution < 1.29 is 23.4 Å². The summed E-state index contributed by atoms with van der Waals surface area (Å²) in [5.74, 6) is -1.54. The van der Waals surface area contributed by atoms with E-state index in [2.05, 4.69) is 5.32 Å². The Bertz CT molecular complexity index is 788. The molecule has 0 heterocycles. The van der Waals surface area contributed by atoms with Gasteiger partial charge >= 0.3 is 6.09 Å². The summed E-state index contributed by atoms with van der Waals surface area (Å²) in [6.45, 7) is 5.61. The monoisotopic (exact) mass is 350 g/mol. The topological polar surface area (TPSA) is 84.6 Å². The molecular formula is C18H20F2N2O3. The van der Waals surface area contributed by atoms with Crippen molar-refractivity contribution in [3.8, 4) is 11.5 Å². The molecule has 25 heavy (non-hydrogen) atoms.